The summed E-state index contributed by atoms with van der Waals surface area (Å²) < 4.78 is 16.2. The van der Waals surface area contributed by atoms with E-state index in [1.165, 1.54) is 0 Å². The van der Waals surface area contributed by atoms with Gasteiger partial charge in [-0.3, -0.25) is 0 Å². The number of nitrogens with zero attached hydrogens (tertiary/aromatic N) is 3. The standard InChI is InChI=1S/C13H22FN3/c1-6-13(5,14)9-7-8-10-15-11(12(2,3)4)16-17(9)10/h9H,6-8H2,1-5H3. The minimum Gasteiger partial charge on any atom is -0.244 e. The zero-order chi connectivity index (χ0) is 12.8. The van der Waals surface area contributed by atoms with Crippen LogP contribution in [0.4, 0.5) is 4.39 Å². The third-order valence-electron chi connectivity index (χ3n) is 3.70. The number of halogens is 1. The Morgan fingerprint density at radius 2 is 2.00 bits per heavy atom. The van der Waals surface area contributed by atoms with Crippen molar-refractivity contribution in [2.75, 3.05) is 0 Å². The van der Waals surface area contributed by atoms with Gasteiger partial charge < -0.3 is 0 Å². The van der Waals surface area contributed by atoms with Crippen molar-refractivity contribution in [1.29, 1.82) is 0 Å². The molecular formula is C13H22FN3. The maximum atomic E-state index is 14.4. The molecule has 1 aliphatic rings. The zero-order valence-corrected chi connectivity index (χ0v) is 11.4. The SMILES string of the molecule is CCC(C)(F)C1CCc2nc(C(C)(C)C)nn21. The molecular weight excluding hydrogens is 217 g/mol. The van der Waals surface area contributed by atoms with Crippen LogP contribution >= 0.6 is 0 Å². The van der Waals surface area contributed by atoms with Gasteiger partial charge in [-0.1, -0.05) is 27.7 Å². The van der Waals surface area contributed by atoms with Crippen molar-refractivity contribution in [3.05, 3.63) is 11.6 Å². The van der Waals surface area contributed by atoms with Crippen LogP contribution in [-0.2, 0) is 11.8 Å². The summed E-state index contributed by atoms with van der Waals surface area (Å²) in [4.78, 5) is 4.55. The fourth-order valence-electron chi connectivity index (χ4n) is 2.27. The van der Waals surface area contributed by atoms with Crippen molar-refractivity contribution in [3.8, 4) is 0 Å². The molecule has 0 amide bonds. The van der Waals surface area contributed by atoms with E-state index in [1.807, 2.05) is 11.6 Å². The Morgan fingerprint density at radius 1 is 1.35 bits per heavy atom. The first-order chi connectivity index (χ1) is 7.75. The van der Waals surface area contributed by atoms with Gasteiger partial charge >= 0.3 is 0 Å². The van der Waals surface area contributed by atoms with E-state index in [0.717, 1.165) is 24.5 Å². The van der Waals surface area contributed by atoms with E-state index in [0.29, 0.717) is 6.42 Å². The van der Waals surface area contributed by atoms with Gasteiger partial charge in [-0.2, -0.15) is 5.10 Å². The molecule has 0 spiro atoms. The lowest BCUT2D eigenvalue weighted by atomic mass is 9.94. The van der Waals surface area contributed by atoms with Crippen LogP contribution in [0.3, 0.4) is 0 Å². The second-order valence-corrected chi connectivity index (χ2v) is 6.23. The summed E-state index contributed by atoms with van der Waals surface area (Å²) >= 11 is 0. The van der Waals surface area contributed by atoms with E-state index in [2.05, 4.69) is 30.9 Å². The second kappa shape index (κ2) is 3.79. The number of aryl methyl sites for hydroxylation is 1. The van der Waals surface area contributed by atoms with Crippen LogP contribution in [0.1, 0.15) is 65.2 Å². The Balaban J connectivity index is 2.36. The van der Waals surface area contributed by atoms with E-state index in [4.69, 9.17) is 0 Å². The molecule has 0 saturated carbocycles. The van der Waals surface area contributed by atoms with Gasteiger partial charge in [0.15, 0.2) is 5.82 Å². The molecule has 1 aliphatic heterocycles. The summed E-state index contributed by atoms with van der Waals surface area (Å²) in [6.45, 7) is 9.81. The maximum absolute atomic E-state index is 14.4. The molecule has 2 atom stereocenters. The van der Waals surface area contributed by atoms with Crippen molar-refractivity contribution in [3.63, 3.8) is 0 Å². The smallest absolute Gasteiger partial charge is 0.156 e. The number of alkyl halides is 1. The third kappa shape index (κ3) is 2.09. The van der Waals surface area contributed by atoms with Gasteiger partial charge in [0.25, 0.3) is 0 Å². The summed E-state index contributed by atoms with van der Waals surface area (Å²) in [5.41, 5.74) is -1.26. The summed E-state index contributed by atoms with van der Waals surface area (Å²) in [6.07, 6.45) is 2.18. The normalized spacial score (nSPS) is 23.5. The predicted octanol–water partition coefficient (Wildman–Crippen LogP) is 3.20. The Labute approximate surface area is 102 Å². The van der Waals surface area contributed by atoms with Crippen LogP contribution in [0.5, 0.6) is 0 Å². The van der Waals surface area contributed by atoms with Crippen LogP contribution in [0.2, 0.25) is 0 Å². The zero-order valence-electron chi connectivity index (χ0n) is 11.4. The van der Waals surface area contributed by atoms with Crippen molar-refractivity contribution < 1.29 is 4.39 Å². The fourth-order valence-corrected chi connectivity index (χ4v) is 2.27. The lowest BCUT2D eigenvalue weighted by molar-refractivity contribution is 0.0993. The highest BCUT2D eigenvalue weighted by molar-refractivity contribution is 5.09. The molecule has 4 heteroatoms. The van der Waals surface area contributed by atoms with Gasteiger partial charge in [-0.25, -0.2) is 14.1 Å². The number of hydrogen-bond acceptors (Lipinski definition) is 2. The lowest BCUT2D eigenvalue weighted by Crippen LogP contribution is -2.30. The van der Waals surface area contributed by atoms with Gasteiger partial charge in [0.1, 0.15) is 11.5 Å². The summed E-state index contributed by atoms with van der Waals surface area (Å²) in [5, 5.41) is 4.52. The van der Waals surface area contributed by atoms with E-state index in [-0.39, 0.29) is 11.5 Å². The quantitative estimate of drug-likeness (QED) is 0.793. The molecule has 3 nitrogen and oxygen atoms in total. The van der Waals surface area contributed by atoms with Gasteiger partial charge in [0, 0.05) is 11.8 Å². The first kappa shape index (κ1) is 12.5. The third-order valence-corrected chi connectivity index (χ3v) is 3.70. The second-order valence-electron chi connectivity index (χ2n) is 6.23. The van der Waals surface area contributed by atoms with Gasteiger partial charge in [0.2, 0.25) is 0 Å². The predicted molar refractivity (Wildman–Crippen MR) is 65.9 cm³/mol. The monoisotopic (exact) mass is 239 g/mol. The molecule has 96 valence electrons. The Hall–Kier alpha value is -0.930. The average Bonchev–Trinajstić information content (AvgIpc) is 2.73. The van der Waals surface area contributed by atoms with Crippen molar-refractivity contribution in [2.45, 2.75) is 71.0 Å². The van der Waals surface area contributed by atoms with E-state index >= 15 is 0 Å². The van der Waals surface area contributed by atoms with Gasteiger partial charge in [-0.15, -0.1) is 0 Å². The number of rotatable bonds is 2. The average molecular weight is 239 g/mol. The molecule has 0 bridgehead atoms. The van der Waals surface area contributed by atoms with Gasteiger partial charge in [-0.05, 0) is 19.8 Å². The van der Waals surface area contributed by atoms with E-state index < -0.39 is 5.67 Å². The summed E-state index contributed by atoms with van der Waals surface area (Å²) in [5.74, 6) is 1.77. The first-order valence-corrected chi connectivity index (χ1v) is 6.40. The first-order valence-electron chi connectivity index (χ1n) is 6.40. The van der Waals surface area contributed by atoms with E-state index in [1.54, 1.807) is 6.92 Å². The molecule has 0 fully saturated rings. The largest absolute Gasteiger partial charge is 0.244 e. The molecule has 2 unspecified atom stereocenters. The lowest BCUT2D eigenvalue weighted by Gasteiger charge is -2.26. The molecule has 0 aliphatic carbocycles. The Morgan fingerprint density at radius 3 is 2.53 bits per heavy atom. The molecule has 0 N–H and O–H groups in total. The van der Waals surface area contributed by atoms with E-state index in [9.17, 15) is 4.39 Å². The highest BCUT2D eigenvalue weighted by atomic mass is 19.1. The maximum Gasteiger partial charge on any atom is 0.156 e. The fraction of sp³-hybridized carbons (Fsp3) is 0.846. The number of hydrogen-bond donors (Lipinski definition) is 0. The van der Waals surface area contributed by atoms with Crippen molar-refractivity contribution in [1.82, 2.24) is 14.8 Å². The summed E-state index contributed by atoms with van der Waals surface area (Å²) in [7, 11) is 0. The minimum atomic E-state index is -1.19. The molecule has 1 aromatic heterocycles. The molecule has 2 rings (SSSR count). The highest BCUT2D eigenvalue weighted by Gasteiger charge is 2.40. The molecule has 17 heavy (non-hydrogen) atoms. The molecule has 0 saturated heterocycles. The van der Waals surface area contributed by atoms with Crippen LogP contribution in [0, 0.1) is 0 Å². The van der Waals surface area contributed by atoms with Crippen LogP contribution in [0.15, 0.2) is 0 Å². The molecule has 1 aromatic rings. The Bertz CT molecular complexity index is 415. The van der Waals surface area contributed by atoms with Crippen molar-refractivity contribution >= 4 is 0 Å². The number of fused-ring (bicyclic) bond motifs is 1. The topological polar surface area (TPSA) is 30.7 Å². The number of aromatic nitrogens is 3. The Kier molecular flexibility index (Phi) is 2.79. The molecule has 0 radical (unpaired) electrons. The van der Waals surface area contributed by atoms with Crippen LogP contribution in [-0.4, -0.2) is 20.4 Å². The highest BCUT2D eigenvalue weighted by Crippen LogP contribution is 2.38. The molecule has 2 heterocycles. The van der Waals surface area contributed by atoms with Crippen molar-refractivity contribution in [2.24, 2.45) is 0 Å². The summed E-state index contributed by atoms with van der Waals surface area (Å²) in [6, 6.07) is -0.147. The van der Waals surface area contributed by atoms with Crippen LogP contribution in [0.25, 0.3) is 0 Å². The van der Waals surface area contributed by atoms with Gasteiger partial charge in [0.05, 0.1) is 6.04 Å². The van der Waals surface area contributed by atoms with Crippen LogP contribution < -0.4 is 0 Å². The minimum absolute atomic E-state index is 0.0686. The molecule has 0 aromatic carbocycles.